The number of aliphatic hydroxyl groups is 2. The smallest absolute Gasteiger partial charge is 0.162 e. The molecule has 5 rings (SSSR count). The van der Waals surface area contributed by atoms with Crippen molar-refractivity contribution in [2.75, 3.05) is 13.3 Å². The van der Waals surface area contributed by atoms with Crippen molar-refractivity contribution in [3.63, 3.8) is 0 Å². The summed E-state index contributed by atoms with van der Waals surface area (Å²) >= 11 is 2.26. The summed E-state index contributed by atoms with van der Waals surface area (Å²) in [6.07, 6.45) is 0.716. The van der Waals surface area contributed by atoms with Crippen LogP contribution in [0.5, 0.6) is 0 Å². The number of ether oxygens (including phenoxy) is 2. The van der Waals surface area contributed by atoms with Crippen LogP contribution in [0.1, 0.15) is 18.4 Å². The van der Waals surface area contributed by atoms with Gasteiger partial charge in [-0.1, -0.05) is 12.1 Å². The van der Waals surface area contributed by atoms with Gasteiger partial charge < -0.3 is 30.3 Å². The van der Waals surface area contributed by atoms with Crippen LogP contribution in [0.15, 0.2) is 39.2 Å². The van der Waals surface area contributed by atoms with Crippen molar-refractivity contribution >= 4 is 40.5 Å². The highest BCUT2D eigenvalue weighted by molar-refractivity contribution is 14.1. The van der Waals surface area contributed by atoms with Crippen molar-refractivity contribution in [1.82, 2.24) is 4.90 Å². The first kappa shape index (κ1) is 20.5. The van der Waals surface area contributed by atoms with E-state index in [4.69, 9.17) is 15.2 Å². The van der Waals surface area contributed by atoms with E-state index in [-0.39, 0.29) is 19.4 Å². The van der Waals surface area contributed by atoms with Gasteiger partial charge in [0, 0.05) is 9.99 Å². The number of aliphatic hydroxyl groups excluding tert-OH is 2. The lowest BCUT2D eigenvalue weighted by Crippen LogP contribution is -2.56. The quantitative estimate of drug-likeness (QED) is 0.458. The highest BCUT2D eigenvalue weighted by Crippen LogP contribution is 2.31. The third kappa shape index (κ3) is 3.80. The van der Waals surface area contributed by atoms with E-state index >= 15 is 0 Å². The van der Waals surface area contributed by atoms with Gasteiger partial charge in [-0.25, -0.2) is 9.98 Å². The number of hydrogen-bond donors (Lipinski definition) is 3. The summed E-state index contributed by atoms with van der Waals surface area (Å²) in [5.74, 6) is 0.526. The van der Waals surface area contributed by atoms with Gasteiger partial charge in [-0.15, -0.1) is 0 Å². The first-order valence-corrected chi connectivity index (χ1v) is 11.1. The molecule has 10 heteroatoms. The summed E-state index contributed by atoms with van der Waals surface area (Å²) in [7, 11) is 0. The summed E-state index contributed by atoms with van der Waals surface area (Å²) in [4.78, 5) is 15.1. The zero-order chi connectivity index (χ0) is 20.9. The maximum atomic E-state index is 10.6. The molecule has 4 aliphatic rings. The van der Waals surface area contributed by atoms with E-state index in [1.165, 1.54) is 6.34 Å². The van der Waals surface area contributed by atoms with E-state index in [0.29, 0.717) is 18.0 Å². The lowest BCUT2D eigenvalue weighted by atomic mass is 9.94. The Morgan fingerprint density at radius 1 is 1.30 bits per heavy atom. The molecule has 3 aliphatic heterocycles. The van der Waals surface area contributed by atoms with Gasteiger partial charge in [0.2, 0.25) is 0 Å². The largest absolute Gasteiger partial charge is 0.387 e. The fourth-order valence-electron chi connectivity index (χ4n) is 4.01. The molecule has 5 atom stereocenters. The lowest BCUT2D eigenvalue weighted by molar-refractivity contribution is -0.0811. The van der Waals surface area contributed by atoms with Crippen molar-refractivity contribution in [2.45, 2.75) is 55.6 Å². The van der Waals surface area contributed by atoms with E-state index in [1.54, 1.807) is 4.90 Å². The SMILES string of the molecule is NC1(Cc2cccc(I)c2)N=CN=C2C1=NCN2[C@@H]1O[C@H](COC2CC2)[C@@H](O)[C@H]1O. The van der Waals surface area contributed by atoms with E-state index in [1.807, 2.05) is 18.2 Å². The van der Waals surface area contributed by atoms with Crippen LogP contribution >= 0.6 is 22.6 Å². The van der Waals surface area contributed by atoms with Crippen LogP contribution in [0.4, 0.5) is 0 Å². The van der Waals surface area contributed by atoms with E-state index in [9.17, 15) is 10.2 Å². The summed E-state index contributed by atoms with van der Waals surface area (Å²) in [5.41, 5.74) is 7.22. The Kier molecular flexibility index (Phi) is 5.40. The number of nitrogens with zero attached hydrogens (tertiary/aromatic N) is 4. The molecule has 30 heavy (non-hydrogen) atoms. The zero-order valence-electron chi connectivity index (χ0n) is 16.3. The van der Waals surface area contributed by atoms with Gasteiger partial charge >= 0.3 is 0 Å². The zero-order valence-corrected chi connectivity index (χ0v) is 18.4. The molecule has 0 amide bonds. The molecule has 3 heterocycles. The highest BCUT2D eigenvalue weighted by atomic mass is 127. The van der Waals surface area contributed by atoms with Crippen LogP contribution in [-0.4, -0.2) is 82.6 Å². The average Bonchev–Trinajstić information content (AvgIpc) is 3.37. The normalized spacial score (nSPS) is 35.4. The minimum atomic E-state index is -1.10. The maximum Gasteiger partial charge on any atom is 0.162 e. The van der Waals surface area contributed by atoms with Gasteiger partial charge in [0.15, 0.2) is 17.7 Å². The second kappa shape index (κ2) is 7.92. The molecule has 1 unspecified atom stereocenters. The molecule has 9 nitrogen and oxygen atoms in total. The Labute approximate surface area is 187 Å². The van der Waals surface area contributed by atoms with Crippen LogP contribution in [0.2, 0.25) is 0 Å². The number of amidine groups is 1. The number of rotatable bonds is 6. The van der Waals surface area contributed by atoms with E-state index < -0.39 is 30.2 Å². The number of hydrogen-bond acceptors (Lipinski definition) is 9. The summed E-state index contributed by atoms with van der Waals surface area (Å²) in [6, 6.07) is 8.08. The van der Waals surface area contributed by atoms with E-state index in [0.717, 1.165) is 22.0 Å². The van der Waals surface area contributed by atoms with Gasteiger partial charge in [0.1, 0.15) is 37.0 Å². The predicted octanol–water partition coefficient (Wildman–Crippen LogP) is 0.269. The minimum absolute atomic E-state index is 0.230. The third-order valence-corrected chi connectivity index (χ3v) is 6.44. The Morgan fingerprint density at radius 2 is 2.13 bits per heavy atom. The molecule has 1 aromatic carbocycles. The molecular formula is C20H24IN5O4. The fraction of sp³-hybridized carbons (Fsp3) is 0.550. The van der Waals surface area contributed by atoms with Crippen molar-refractivity contribution < 1.29 is 19.7 Å². The number of fused-ring (bicyclic) bond motifs is 1. The maximum absolute atomic E-state index is 10.6. The number of halogens is 1. The Bertz CT molecular complexity index is 920. The number of nitrogens with two attached hydrogens (primary N) is 1. The summed E-state index contributed by atoms with van der Waals surface area (Å²) in [6.45, 7) is 0.482. The molecule has 2 fully saturated rings. The van der Waals surface area contributed by atoms with E-state index in [2.05, 4.69) is 43.6 Å². The summed E-state index contributed by atoms with van der Waals surface area (Å²) in [5, 5.41) is 21.0. The molecule has 1 saturated heterocycles. The van der Waals surface area contributed by atoms with Gasteiger partial charge in [0.25, 0.3) is 0 Å². The topological polar surface area (TPSA) is 125 Å². The predicted molar refractivity (Wildman–Crippen MR) is 119 cm³/mol. The molecule has 0 aromatic heterocycles. The molecular weight excluding hydrogens is 501 g/mol. The minimum Gasteiger partial charge on any atom is -0.387 e. The third-order valence-electron chi connectivity index (χ3n) is 5.77. The first-order valence-electron chi connectivity index (χ1n) is 10.0. The first-order chi connectivity index (χ1) is 14.4. The molecule has 0 bridgehead atoms. The van der Waals surface area contributed by atoms with Gasteiger partial charge in [0.05, 0.1) is 12.7 Å². The molecule has 1 saturated carbocycles. The Balaban J connectivity index is 1.32. The van der Waals surface area contributed by atoms with Crippen molar-refractivity contribution in [3.05, 3.63) is 33.4 Å². The van der Waals surface area contributed by atoms with Crippen LogP contribution in [0.3, 0.4) is 0 Å². The van der Waals surface area contributed by atoms with Gasteiger partial charge in [-0.2, -0.15) is 0 Å². The molecule has 0 radical (unpaired) electrons. The Morgan fingerprint density at radius 3 is 2.90 bits per heavy atom. The van der Waals surface area contributed by atoms with Gasteiger partial charge in [-0.3, -0.25) is 4.99 Å². The van der Waals surface area contributed by atoms with Crippen LogP contribution in [0.25, 0.3) is 0 Å². The average molecular weight is 525 g/mol. The fourth-order valence-corrected chi connectivity index (χ4v) is 4.62. The second-order valence-corrected chi connectivity index (χ2v) is 9.37. The monoisotopic (exact) mass is 525 g/mol. The highest BCUT2D eigenvalue weighted by Gasteiger charge is 2.51. The van der Waals surface area contributed by atoms with Crippen LogP contribution in [0, 0.1) is 3.57 Å². The van der Waals surface area contributed by atoms with Crippen molar-refractivity contribution in [1.29, 1.82) is 0 Å². The van der Waals surface area contributed by atoms with Crippen LogP contribution < -0.4 is 5.73 Å². The number of benzene rings is 1. The molecule has 1 aliphatic carbocycles. The summed E-state index contributed by atoms with van der Waals surface area (Å²) < 4.78 is 12.7. The van der Waals surface area contributed by atoms with Crippen LogP contribution in [-0.2, 0) is 15.9 Å². The molecule has 1 aromatic rings. The Hall–Kier alpha value is -1.44. The molecule has 4 N–H and O–H groups in total. The molecule has 0 spiro atoms. The second-order valence-electron chi connectivity index (χ2n) is 8.13. The molecule has 160 valence electrons. The van der Waals surface area contributed by atoms with Crippen molar-refractivity contribution in [2.24, 2.45) is 20.7 Å². The van der Waals surface area contributed by atoms with Crippen molar-refractivity contribution in [3.8, 4) is 0 Å². The lowest BCUT2D eigenvalue weighted by Gasteiger charge is -2.32. The standard InChI is InChI=1S/C20H24IN5O4/c21-12-3-1-2-11(6-12)7-20(22)17-18(23-9-25-20)26(10-24-17)19-16(28)15(27)14(30-19)8-29-13-4-5-13/h1-3,6,9,13-16,19,27-28H,4-5,7-8,10,22H2/t14-,15-,16-,19-,20?/m1/s1. The number of aliphatic imine (C=N–C) groups is 3. The van der Waals surface area contributed by atoms with Gasteiger partial charge in [-0.05, 0) is 53.1 Å².